The van der Waals surface area contributed by atoms with Gasteiger partial charge in [-0.1, -0.05) is 6.92 Å². The fourth-order valence-electron chi connectivity index (χ4n) is 0.576. The average molecular weight is 115 g/mol. The molecule has 0 saturated carbocycles. The Morgan fingerprint density at radius 3 is 1.86 bits per heavy atom. The Kier molecular flexibility index (Phi) is 2.91. The van der Waals surface area contributed by atoms with Crippen LogP contribution in [0.4, 0.5) is 0 Å². The van der Waals surface area contributed by atoms with Crippen molar-refractivity contribution < 1.29 is 0 Å². The zero-order valence-corrected chi connectivity index (χ0v) is 6.33. The Bertz CT molecular complexity index is 46.5. The van der Waals surface area contributed by atoms with Crippen LogP contribution in [0, 0.1) is 0 Å². The lowest BCUT2D eigenvalue weighted by molar-refractivity contribution is 1.10. The highest BCUT2D eigenvalue weighted by molar-refractivity contribution is 7.96. The molecule has 0 amide bonds. The molecule has 40 valence electrons. The van der Waals surface area contributed by atoms with Crippen molar-refractivity contribution in [2.45, 2.75) is 13.3 Å². The molecule has 0 aliphatic carbocycles. The van der Waals surface area contributed by atoms with E-state index in [0.717, 1.165) is 0 Å². The van der Waals surface area contributed by atoms with E-state index < -0.39 is 7.14 Å². The molecular formula is C5H13BP+. The van der Waals surface area contributed by atoms with Crippen molar-refractivity contribution in [3.63, 3.8) is 0 Å². The largest absolute Gasteiger partial charge is 0.364 e. The summed E-state index contributed by atoms with van der Waals surface area (Å²) in [4.78, 5) is 0. The Morgan fingerprint density at radius 1 is 1.43 bits per heavy atom. The molecule has 0 aromatic carbocycles. The molecule has 0 aromatic heterocycles. The molecule has 0 fully saturated rings. The van der Waals surface area contributed by atoms with Crippen LogP contribution in [0.2, 0.25) is 0 Å². The van der Waals surface area contributed by atoms with Crippen molar-refractivity contribution in [1.82, 2.24) is 0 Å². The lowest BCUT2D eigenvalue weighted by Crippen LogP contribution is -1.91. The Balaban J connectivity index is 3.15. The van der Waals surface area contributed by atoms with Crippen LogP contribution in [0.5, 0.6) is 0 Å². The van der Waals surface area contributed by atoms with Crippen LogP contribution < -0.4 is 0 Å². The zero-order chi connectivity index (χ0) is 5.91. The first-order valence-corrected chi connectivity index (χ1v) is 5.61. The summed E-state index contributed by atoms with van der Waals surface area (Å²) in [6, 6.07) is 0. The van der Waals surface area contributed by atoms with Gasteiger partial charge in [-0.05, 0) is 13.6 Å². The van der Waals surface area contributed by atoms with Crippen molar-refractivity contribution >= 4 is 14.7 Å². The molecule has 0 bridgehead atoms. The normalized spacial score (nSPS) is 11.9. The number of hydrogen-bond donors (Lipinski definition) is 0. The minimum Gasteiger partial charge on any atom is -0.0620 e. The van der Waals surface area contributed by atoms with Gasteiger partial charge in [0.25, 0.3) is 0 Å². The summed E-state index contributed by atoms with van der Waals surface area (Å²) in [7, 11) is 4.84. The number of hydrogen-bond acceptors (Lipinski definition) is 0. The highest BCUT2D eigenvalue weighted by Crippen LogP contribution is 2.45. The first-order valence-electron chi connectivity index (χ1n) is 2.68. The Hall–Kier alpha value is 0.495. The van der Waals surface area contributed by atoms with E-state index in [1.165, 1.54) is 12.6 Å². The minimum absolute atomic E-state index is 0.916. The molecule has 0 aliphatic heterocycles. The quantitative estimate of drug-likeness (QED) is 0.380. The van der Waals surface area contributed by atoms with Gasteiger partial charge in [0, 0.05) is 19.5 Å². The van der Waals surface area contributed by atoms with Gasteiger partial charge in [-0.3, -0.25) is 0 Å². The van der Waals surface area contributed by atoms with Crippen LogP contribution >= 0.6 is 7.14 Å². The van der Waals surface area contributed by atoms with Crippen molar-refractivity contribution in [1.29, 1.82) is 0 Å². The van der Waals surface area contributed by atoms with E-state index in [0.29, 0.717) is 0 Å². The highest BCUT2D eigenvalue weighted by atomic mass is 31.2. The summed E-state index contributed by atoms with van der Waals surface area (Å²) in [6.07, 6.45) is 2.46. The summed E-state index contributed by atoms with van der Waals surface area (Å²) in [5.41, 5.74) is 0. The van der Waals surface area contributed by atoms with Gasteiger partial charge in [-0.2, -0.15) is 0 Å². The maximum Gasteiger partial charge on any atom is 0.364 e. The summed E-state index contributed by atoms with van der Waals surface area (Å²) >= 11 is 0. The molecule has 0 spiro atoms. The van der Waals surface area contributed by atoms with Gasteiger partial charge in [0.05, 0.1) is 0 Å². The molecule has 0 N–H and O–H groups in total. The molecule has 2 radical (unpaired) electrons. The first-order chi connectivity index (χ1) is 3.06. The van der Waals surface area contributed by atoms with E-state index >= 15 is 0 Å². The van der Waals surface area contributed by atoms with Gasteiger partial charge in [-0.25, -0.2) is 0 Å². The topological polar surface area (TPSA) is 0 Å². The smallest absolute Gasteiger partial charge is 0.0620 e. The summed E-state index contributed by atoms with van der Waals surface area (Å²) in [5.74, 6) is 0. The van der Waals surface area contributed by atoms with Crippen molar-refractivity contribution in [2.75, 3.05) is 19.5 Å². The van der Waals surface area contributed by atoms with E-state index in [2.05, 4.69) is 20.3 Å². The fourth-order valence-corrected chi connectivity index (χ4v) is 1.73. The van der Waals surface area contributed by atoms with Crippen LogP contribution in [0.15, 0.2) is 0 Å². The third-order valence-electron chi connectivity index (χ3n) is 0.800. The van der Waals surface area contributed by atoms with Crippen LogP contribution in [-0.2, 0) is 0 Å². The average Bonchev–Trinajstić information content (AvgIpc) is 1.30. The predicted molar refractivity (Wildman–Crippen MR) is 39.7 cm³/mol. The van der Waals surface area contributed by atoms with Gasteiger partial charge in [0.2, 0.25) is 0 Å². The molecule has 0 saturated heterocycles. The lowest BCUT2D eigenvalue weighted by atomic mass is 10.6. The third-order valence-corrected chi connectivity index (χ3v) is 2.40. The van der Waals surface area contributed by atoms with E-state index in [1.54, 1.807) is 0 Å². The molecular weight excluding hydrogens is 102 g/mol. The summed E-state index contributed by atoms with van der Waals surface area (Å²) in [5, 5.41) is 0. The molecule has 0 unspecified atom stereocenters. The lowest BCUT2D eigenvalue weighted by Gasteiger charge is -2.08. The van der Waals surface area contributed by atoms with Crippen molar-refractivity contribution in [2.24, 2.45) is 0 Å². The summed E-state index contributed by atoms with van der Waals surface area (Å²) < 4.78 is 0. The zero-order valence-electron chi connectivity index (χ0n) is 5.44. The molecule has 0 aromatic rings. The van der Waals surface area contributed by atoms with Crippen molar-refractivity contribution in [3.8, 4) is 0 Å². The molecule has 7 heavy (non-hydrogen) atoms. The van der Waals surface area contributed by atoms with Crippen molar-refractivity contribution in [3.05, 3.63) is 0 Å². The minimum atomic E-state index is -0.916. The van der Waals surface area contributed by atoms with Gasteiger partial charge in [-0.15, -0.1) is 0 Å². The second-order valence-electron chi connectivity index (χ2n) is 2.50. The molecule has 0 nitrogen and oxygen atoms in total. The predicted octanol–water partition coefficient (Wildman–Crippen LogP) is 1.76. The molecule has 0 heterocycles. The third kappa shape index (κ3) is 6.49. The van der Waals surface area contributed by atoms with Gasteiger partial charge in [0.15, 0.2) is 0 Å². The van der Waals surface area contributed by atoms with Gasteiger partial charge < -0.3 is 0 Å². The molecule has 0 aliphatic rings. The SMILES string of the molecule is [B][P+](C)(C)CCC. The maximum atomic E-state index is 5.76. The highest BCUT2D eigenvalue weighted by Gasteiger charge is 2.14. The van der Waals surface area contributed by atoms with Crippen LogP contribution in [0.25, 0.3) is 0 Å². The van der Waals surface area contributed by atoms with E-state index in [9.17, 15) is 0 Å². The van der Waals surface area contributed by atoms with Crippen LogP contribution in [-0.4, -0.2) is 27.1 Å². The Labute approximate surface area is 48.4 Å². The second kappa shape index (κ2) is 2.72. The standard InChI is InChI=1S/C5H13BP/c1-4-5-7(2,3)6/h4-5H2,1-3H3/q+1. The van der Waals surface area contributed by atoms with Crippen LogP contribution in [0.3, 0.4) is 0 Å². The molecule has 0 rings (SSSR count). The van der Waals surface area contributed by atoms with E-state index in [1.807, 2.05) is 0 Å². The fraction of sp³-hybridized carbons (Fsp3) is 1.00. The number of rotatable bonds is 2. The van der Waals surface area contributed by atoms with Gasteiger partial charge >= 0.3 is 7.57 Å². The monoisotopic (exact) mass is 115 g/mol. The van der Waals surface area contributed by atoms with Gasteiger partial charge in [0.1, 0.15) is 0 Å². The Morgan fingerprint density at radius 2 is 1.86 bits per heavy atom. The molecule has 0 atom stereocenters. The molecule has 2 heteroatoms. The van der Waals surface area contributed by atoms with Crippen LogP contribution in [0.1, 0.15) is 13.3 Å². The maximum absolute atomic E-state index is 5.76. The second-order valence-corrected chi connectivity index (χ2v) is 6.51. The van der Waals surface area contributed by atoms with E-state index in [4.69, 9.17) is 7.57 Å². The first kappa shape index (κ1) is 7.49. The summed E-state index contributed by atoms with van der Waals surface area (Å²) in [6.45, 7) is 6.50. The van der Waals surface area contributed by atoms with E-state index in [-0.39, 0.29) is 0 Å².